The van der Waals surface area contributed by atoms with Gasteiger partial charge in [-0.25, -0.2) is 4.98 Å². The lowest BCUT2D eigenvalue weighted by atomic mass is 9.89. The van der Waals surface area contributed by atoms with Crippen LogP contribution in [0, 0.1) is 5.92 Å². The first-order chi connectivity index (χ1) is 10.6. The van der Waals surface area contributed by atoms with E-state index < -0.39 is 0 Å². The Kier molecular flexibility index (Phi) is 5.16. The maximum atomic E-state index is 4.45. The third-order valence-electron chi connectivity index (χ3n) is 5.71. The molecule has 124 valence electrons. The molecule has 2 fully saturated rings. The molecule has 5 heteroatoms. The second-order valence-electron chi connectivity index (χ2n) is 7.15. The number of piperazine rings is 1. The highest BCUT2D eigenvalue weighted by atomic mass is 15.3. The summed E-state index contributed by atoms with van der Waals surface area (Å²) in [6.07, 6.45) is 6.60. The van der Waals surface area contributed by atoms with Crippen molar-refractivity contribution in [2.24, 2.45) is 13.0 Å². The molecule has 5 nitrogen and oxygen atoms in total. The fourth-order valence-electron chi connectivity index (χ4n) is 3.87. The summed E-state index contributed by atoms with van der Waals surface area (Å²) in [7, 11) is 4.32. The van der Waals surface area contributed by atoms with Crippen molar-refractivity contribution in [2.75, 3.05) is 46.3 Å². The van der Waals surface area contributed by atoms with E-state index in [0.717, 1.165) is 18.5 Å². The molecule has 0 aromatic carbocycles. The van der Waals surface area contributed by atoms with Gasteiger partial charge in [0, 0.05) is 51.7 Å². The average molecular weight is 305 g/mol. The topological polar surface area (TPSA) is 27.5 Å². The van der Waals surface area contributed by atoms with Crippen LogP contribution in [0.4, 0.5) is 0 Å². The number of likely N-dealkylation sites (tertiary alicyclic amines) is 1. The summed E-state index contributed by atoms with van der Waals surface area (Å²) in [6.45, 7) is 10.8. The zero-order valence-corrected chi connectivity index (χ0v) is 14.4. The van der Waals surface area contributed by atoms with E-state index in [9.17, 15) is 0 Å². The van der Waals surface area contributed by atoms with Gasteiger partial charge < -0.3 is 9.47 Å². The number of imidazole rings is 1. The van der Waals surface area contributed by atoms with Crippen LogP contribution in [0.3, 0.4) is 0 Å². The molecule has 1 aromatic heterocycles. The molecule has 0 amide bonds. The maximum Gasteiger partial charge on any atom is 0.122 e. The molecule has 0 N–H and O–H groups in total. The molecule has 0 radical (unpaired) electrons. The van der Waals surface area contributed by atoms with Gasteiger partial charge in [-0.3, -0.25) is 9.80 Å². The molecule has 0 bridgehead atoms. The molecule has 2 aliphatic rings. The number of piperidine rings is 1. The van der Waals surface area contributed by atoms with Gasteiger partial charge in [-0.1, -0.05) is 0 Å². The van der Waals surface area contributed by atoms with Crippen molar-refractivity contribution in [2.45, 2.75) is 32.4 Å². The maximum absolute atomic E-state index is 4.45. The number of aromatic nitrogens is 2. The summed E-state index contributed by atoms with van der Waals surface area (Å²) < 4.78 is 2.14. The predicted octanol–water partition coefficient (Wildman–Crippen LogP) is 1.27. The highest BCUT2D eigenvalue weighted by Crippen LogP contribution is 2.25. The second kappa shape index (κ2) is 7.11. The van der Waals surface area contributed by atoms with Crippen molar-refractivity contribution in [3.8, 4) is 0 Å². The molecule has 22 heavy (non-hydrogen) atoms. The molecule has 1 aromatic rings. The first-order valence-electron chi connectivity index (χ1n) is 8.74. The van der Waals surface area contributed by atoms with Crippen molar-refractivity contribution in [1.82, 2.24) is 24.3 Å². The number of rotatable bonds is 4. The number of hydrogen-bond acceptors (Lipinski definition) is 4. The van der Waals surface area contributed by atoms with Gasteiger partial charge in [-0.2, -0.15) is 0 Å². The summed E-state index contributed by atoms with van der Waals surface area (Å²) >= 11 is 0. The van der Waals surface area contributed by atoms with Gasteiger partial charge in [-0.15, -0.1) is 0 Å². The summed E-state index contributed by atoms with van der Waals surface area (Å²) in [5.74, 6) is 2.05. The van der Waals surface area contributed by atoms with E-state index in [1.165, 1.54) is 57.9 Å². The molecule has 3 rings (SSSR count). The summed E-state index contributed by atoms with van der Waals surface area (Å²) in [5.41, 5.74) is 0. The van der Waals surface area contributed by atoms with Crippen molar-refractivity contribution in [3.05, 3.63) is 18.2 Å². The van der Waals surface area contributed by atoms with E-state index in [-0.39, 0.29) is 0 Å². The van der Waals surface area contributed by atoms with Gasteiger partial charge in [0.1, 0.15) is 5.82 Å². The first kappa shape index (κ1) is 16.0. The SMILES string of the molecule is CC(C1CCN(Cc2nccn2C)CC1)N1CCN(C)CC1. The van der Waals surface area contributed by atoms with Crippen LogP contribution in [0.15, 0.2) is 12.4 Å². The Labute approximate surface area is 134 Å². The molecule has 2 aliphatic heterocycles. The Bertz CT molecular complexity index is 455. The van der Waals surface area contributed by atoms with E-state index in [1.807, 2.05) is 12.4 Å². The molecule has 2 saturated heterocycles. The van der Waals surface area contributed by atoms with Crippen molar-refractivity contribution in [3.63, 3.8) is 0 Å². The van der Waals surface area contributed by atoms with Crippen LogP contribution >= 0.6 is 0 Å². The van der Waals surface area contributed by atoms with Crippen LogP contribution < -0.4 is 0 Å². The van der Waals surface area contributed by atoms with Gasteiger partial charge >= 0.3 is 0 Å². The van der Waals surface area contributed by atoms with Gasteiger partial charge in [0.15, 0.2) is 0 Å². The second-order valence-corrected chi connectivity index (χ2v) is 7.15. The molecular weight excluding hydrogens is 274 g/mol. The van der Waals surface area contributed by atoms with Crippen LogP contribution in [-0.4, -0.2) is 76.6 Å². The molecule has 1 atom stereocenters. The van der Waals surface area contributed by atoms with Crippen LogP contribution in [0.2, 0.25) is 0 Å². The monoisotopic (exact) mass is 305 g/mol. The van der Waals surface area contributed by atoms with E-state index in [1.54, 1.807) is 0 Å². The summed E-state index contributed by atoms with van der Waals surface area (Å²) in [5, 5.41) is 0. The van der Waals surface area contributed by atoms with Crippen LogP contribution in [-0.2, 0) is 13.6 Å². The van der Waals surface area contributed by atoms with E-state index in [0.29, 0.717) is 0 Å². The third kappa shape index (κ3) is 3.70. The van der Waals surface area contributed by atoms with Gasteiger partial charge in [0.05, 0.1) is 6.54 Å². The minimum atomic E-state index is 0.740. The fourth-order valence-corrected chi connectivity index (χ4v) is 3.87. The largest absolute Gasteiger partial charge is 0.337 e. The van der Waals surface area contributed by atoms with E-state index in [2.05, 4.69) is 45.3 Å². The molecule has 0 spiro atoms. The van der Waals surface area contributed by atoms with E-state index in [4.69, 9.17) is 0 Å². The number of hydrogen-bond donors (Lipinski definition) is 0. The van der Waals surface area contributed by atoms with Crippen LogP contribution in [0.1, 0.15) is 25.6 Å². The van der Waals surface area contributed by atoms with E-state index >= 15 is 0 Å². The van der Waals surface area contributed by atoms with Gasteiger partial charge in [0.25, 0.3) is 0 Å². The zero-order chi connectivity index (χ0) is 15.5. The zero-order valence-electron chi connectivity index (χ0n) is 14.4. The Morgan fingerprint density at radius 3 is 2.36 bits per heavy atom. The standard InChI is InChI=1S/C17H31N5/c1-15(22-12-10-19(2)11-13-22)16-4-7-21(8-5-16)14-17-18-6-9-20(17)3/h6,9,15-16H,4-5,7-8,10-14H2,1-3H3. The fraction of sp³-hybridized carbons (Fsp3) is 0.824. The number of nitrogens with zero attached hydrogens (tertiary/aromatic N) is 5. The van der Waals surface area contributed by atoms with Crippen molar-refractivity contribution in [1.29, 1.82) is 0 Å². The number of likely N-dealkylation sites (N-methyl/N-ethyl adjacent to an activating group) is 1. The Balaban J connectivity index is 1.46. The molecule has 3 heterocycles. The Morgan fingerprint density at radius 2 is 1.77 bits per heavy atom. The van der Waals surface area contributed by atoms with Gasteiger partial charge in [-0.05, 0) is 45.8 Å². The molecule has 0 aliphatic carbocycles. The summed E-state index contributed by atoms with van der Waals surface area (Å²) in [4.78, 5) is 12.2. The smallest absolute Gasteiger partial charge is 0.122 e. The molecular formula is C17H31N5. The van der Waals surface area contributed by atoms with Crippen molar-refractivity contribution < 1.29 is 0 Å². The first-order valence-corrected chi connectivity index (χ1v) is 8.74. The average Bonchev–Trinajstić information content (AvgIpc) is 2.93. The highest BCUT2D eigenvalue weighted by Gasteiger charge is 2.29. The Hall–Kier alpha value is -0.910. The minimum Gasteiger partial charge on any atom is -0.337 e. The highest BCUT2D eigenvalue weighted by molar-refractivity contribution is 4.92. The lowest BCUT2D eigenvalue weighted by molar-refractivity contribution is 0.0591. The molecule has 1 unspecified atom stereocenters. The van der Waals surface area contributed by atoms with Crippen LogP contribution in [0.25, 0.3) is 0 Å². The normalized spacial score (nSPS) is 24.7. The lowest BCUT2D eigenvalue weighted by Crippen LogP contribution is -2.51. The Morgan fingerprint density at radius 1 is 1.09 bits per heavy atom. The minimum absolute atomic E-state index is 0.740. The predicted molar refractivity (Wildman–Crippen MR) is 89.7 cm³/mol. The third-order valence-corrected chi connectivity index (χ3v) is 5.71. The lowest BCUT2D eigenvalue weighted by Gasteiger charge is -2.42. The number of aryl methyl sites for hydroxylation is 1. The summed E-state index contributed by atoms with van der Waals surface area (Å²) in [6, 6.07) is 0.740. The van der Waals surface area contributed by atoms with Gasteiger partial charge in [0.2, 0.25) is 0 Å². The van der Waals surface area contributed by atoms with Crippen LogP contribution in [0.5, 0.6) is 0 Å². The molecule has 0 saturated carbocycles. The quantitative estimate of drug-likeness (QED) is 0.837. The van der Waals surface area contributed by atoms with Crippen molar-refractivity contribution >= 4 is 0 Å².